The molecule has 0 radical (unpaired) electrons. The second kappa shape index (κ2) is 6.80. The summed E-state index contributed by atoms with van der Waals surface area (Å²) in [6.07, 6.45) is 0. The van der Waals surface area contributed by atoms with Crippen LogP contribution in [0.5, 0.6) is 0 Å². The quantitative estimate of drug-likeness (QED) is 0.851. The van der Waals surface area contributed by atoms with Gasteiger partial charge < -0.3 is 5.32 Å². The zero-order chi connectivity index (χ0) is 13.5. The first kappa shape index (κ1) is 14.2. The molecule has 0 bridgehead atoms. The summed E-state index contributed by atoms with van der Waals surface area (Å²) in [6.45, 7) is 8.64. The molecule has 18 heavy (non-hydrogen) atoms. The minimum absolute atomic E-state index is 0.00120. The molecule has 2 aromatic rings. The lowest BCUT2D eigenvalue weighted by Gasteiger charge is -2.08. The fraction of sp³-hybridized carbons (Fsp3) is 0.312. The van der Waals surface area contributed by atoms with E-state index < -0.39 is 0 Å². The van der Waals surface area contributed by atoms with Crippen LogP contribution in [0.3, 0.4) is 0 Å². The van der Waals surface area contributed by atoms with Crippen LogP contribution < -0.4 is 5.32 Å². The summed E-state index contributed by atoms with van der Waals surface area (Å²) in [5.41, 5.74) is 1.95. The molecule has 0 spiro atoms. The predicted octanol–water partition coefficient (Wildman–Crippen LogP) is 3.92. The van der Waals surface area contributed by atoms with E-state index in [1.165, 1.54) is 5.56 Å². The van der Waals surface area contributed by atoms with Crippen molar-refractivity contribution in [3.63, 3.8) is 0 Å². The van der Waals surface area contributed by atoms with E-state index in [1.54, 1.807) is 0 Å². The molecule has 1 amide bonds. The molecule has 0 fully saturated rings. The smallest absolute Gasteiger partial charge is 0.251 e. The van der Waals surface area contributed by atoms with Gasteiger partial charge in [0, 0.05) is 12.1 Å². The highest BCUT2D eigenvalue weighted by Gasteiger charge is 2.09. The maximum absolute atomic E-state index is 11.9. The van der Waals surface area contributed by atoms with E-state index in [0.717, 1.165) is 16.3 Å². The van der Waals surface area contributed by atoms with Crippen molar-refractivity contribution in [2.75, 3.05) is 6.54 Å². The maximum atomic E-state index is 11.9. The zero-order valence-electron chi connectivity index (χ0n) is 11.6. The summed E-state index contributed by atoms with van der Waals surface area (Å²) in [5.74, 6) is -0.00120. The van der Waals surface area contributed by atoms with Gasteiger partial charge in [0.1, 0.15) is 0 Å². The Kier molecular flexibility index (Phi) is 5.37. The average Bonchev–Trinajstić information content (AvgIpc) is 2.42. The fourth-order valence-electron chi connectivity index (χ4n) is 1.90. The van der Waals surface area contributed by atoms with Gasteiger partial charge >= 0.3 is 0 Å². The summed E-state index contributed by atoms with van der Waals surface area (Å²) in [5, 5.41) is 5.00. The Labute approximate surface area is 109 Å². The molecule has 2 rings (SSSR count). The summed E-state index contributed by atoms with van der Waals surface area (Å²) >= 11 is 0. The zero-order valence-corrected chi connectivity index (χ0v) is 11.6. The topological polar surface area (TPSA) is 29.1 Å². The van der Waals surface area contributed by atoms with Gasteiger partial charge in [-0.2, -0.15) is 0 Å². The van der Waals surface area contributed by atoms with Gasteiger partial charge in [0.2, 0.25) is 0 Å². The molecule has 2 aromatic carbocycles. The highest BCUT2D eigenvalue weighted by Crippen LogP contribution is 2.22. The first-order valence-corrected chi connectivity index (χ1v) is 6.50. The minimum atomic E-state index is -0.00120. The van der Waals surface area contributed by atoms with E-state index in [4.69, 9.17) is 0 Å². The van der Waals surface area contributed by atoms with Crippen LogP contribution in [0, 0.1) is 6.92 Å². The molecular weight excluding hydrogens is 222 g/mol. The van der Waals surface area contributed by atoms with Crippen LogP contribution in [0.4, 0.5) is 0 Å². The van der Waals surface area contributed by atoms with Crippen molar-refractivity contribution in [3.05, 3.63) is 47.5 Å². The number of fused-ring (bicyclic) bond motifs is 1. The molecule has 0 aromatic heterocycles. The van der Waals surface area contributed by atoms with Gasteiger partial charge in [-0.15, -0.1) is 0 Å². The number of amides is 1. The molecule has 2 heteroatoms. The Hall–Kier alpha value is -1.83. The predicted molar refractivity (Wildman–Crippen MR) is 78.0 cm³/mol. The highest BCUT2D eigenvalue weighted by molar-refractivity contribution is 6.07. The van der Waals surface area contributed by atoms with Crippen molar-refractivity contribution in [2.24, 2.45) is 0 Å². The van der Waals surface area contributed by atoms with Gasteiger partial charge in [-0.1, -0.05) is 44.2 Å². The van der Waals surface area contributed by atoms with E-state index in [1.807, 2.05) is 57.2 Å². The molecule has 1 N–H and O–H groups in total. The van der Waals surface area contributed by atoms with Gasteiger partial charge in [-0.25, -0.2) is 0 Å². The van der Waals surface area contributed by atoms with E-state index in [2.05, 4.69) is 12.2 Å². The lowest BCUT2D eigenvalue weighted by molar-refractivity contribution is 0.0957. The van der Waals surface area contributed by atoms with Gasteiger partial charge in [0.05, 0.1) is 0 Å². The molecule has 0 heterocycles. The minimum Gasteiger partial charge on any atom is -0.352 e. The van der Waals surface area contributed by atoms with Crippen molar-refractivity contribution < 1.29 is 4.79 Å². The lowest BCUT2D eigenvalue weighted by Crippen LogP contribution is -2.22. The Bertz CT molecular complexity index is 532. The largest absolute Gasteiger partial charge is 0.352 e. The third-order valence-corrected chi connectivity index (χ3v) is 2.72. The summed E-state index contributed by atoms with van der Waals surface area (Å²) in [7, 11) is 0. The molecule has 0 aliphatic heterocycles. The molecule has 2 nitrogen and oxygen atoms in total. The Morgan fingerprint density at radius 3 is 2.28 bits per heavy atom. The second-order valence-electron chi connectivity index (χ2n) is 3.84. The molecule has 0 atom stereocenters. The first-order chi connectivity index (χ1) is 8.74. The van der Waals surface area contributed by atoms with Gasteiger partial charge in [-0.05, 0) is 36.2 Å². The SMILES string of the molecule is CC.CCNC(=O)c1ccc(C)c2ccccc12. The molecule has 96 valence electrons. The average molecular weight is 243 g/mol. The van der Waals surface area contributed by atoms with Crippen molar-refractivity contribution in [2.45, 2.75) is 27.7 Å². The fourth-order valence-corrected chi connectivity index (χ4v) is 1.90. The highest BCUT2D eigenvalue weighted by atomic mass is 16.1. The van der Waals surface area contributed by atoms with Crippen LogP contribution in [-0.2, 0) is 0 Å². The normalized spacial score (nSPS) is 9.56. The van der Waals surface area contributed by atoms with Crippen LogP contribution in [0.2, 0.25) is 0 Å². The van der Waals surface area contributed by atoms with Crippen LogP contribution in [0.25, 0.3) is 10.8 Å². The number of hydrogen-bond donors (Lipinski definition) is 1. The van der Waals surface area contributed by atoms with Gasteiger partial charge in [0.15, 0.2) is 0 Å². The molecular formula is C16H21NO. The molecule has 0 saturated heterocycles. The van der Waals surface area contributed by atoms with Crippen LogP contribution in [-0.4, -0.2) is 12.5 Å². The summed E-state index contributed by atoms with van der Waals surface area (Å²) in [6, 6.07) is 11.9. The van der Waals surface area contributed by atoms with Crippen molar-refractivity contribution >= 4 is 16.7 Å². The van der Waals surface area contributed by atoms with Crippen LogP contribution in [0.1, 0.15) is 36.7 Å². The van der Waals surface area contributed by atoms with Crippen molar-refractivity contribution in [1.29, 1.82) is 0 Å². The molecule has 0 unspecified atom stereocenters. The van der Waals surface area contributed by atoms with Gasteiger partial charge in [-0.3, -0.25) is 4.79 Å². The number of carbonyl (C=O) groups is 1. The van der Waals surface area contributed by atoms with E-state index in [9.17, 15) is 4.79 Å². The monoisotopic (exact) mass is 243 g/mol. The number of carbonyl (C=O) groups excluding carboxylic acids is 1. The Balaban J connectivity index is 0.000000771. The second-order valence-corrected chi connectivity index (χ2v) is 3.84. The molecule has 0 aliphatic carbocycles. The molecule has 0 saturated carbocycles. The van der Waals surface area contributed by atoms with Crippen molar-refractivity contribution in [3.8, 4) is 0 Å². The third kappa shape index (κ3) is 2.89. The van der Waals surface area contributed by atoms with Crippen LogP contribution in [0.15, 0.2) is 36.4 Å². The number of nitrogens with one attached hydrogen (secondary N) is 1. The number of benzene rings is 2. The molecule has 0 aliphatic rings. The number of aryl methyl sites for hydroxylation is 1. The van der Waals surface area contributed by atoms with E-state index in [-0.39, 0.29) is 5.91 Å². The number of hydrogen-bond acceptors (Lipinski definition) is 1. The van der Waals surface area contributed by atoms with Gasteiger partial charge in [0.25, 0.3) is 5.91 Å². The third-order valence-electron chi connectivity index (χ3n) is 2.72. The Morgan fingerprint density at radius 1 is 1.06 bits per heavy atom. The maximum Gasteiger partial charge on any atom is 0.251 e. The van der Waals surface area contributed by atoms with E-state index in [0.29, 0.717) is 6.54 Å². The standard InChI is InChI=1S/C14H15NO.C2H6/c1-3-15-14(16)13-9-8-10(2)11-6-4-5-7-12(11)13;1-2/h4-9H,3H2,1-2H3,(H,15,16);1-2H3. The number of rotatable bonds is 2. The van der Waals surface area contributed by atoms with E-state index >= 15 is 0 Å². The van der Waals surface area contributed by atoms with Crippen LogP contribution >= 0.6 is 0 Å². The lowest BCUT2D eigenvalue weighted by atomic mass is 10.00. The van der Waals surface area contributed by atoms with Crippen molar-refractivity contribution in [1.82, 2.24) is 5.32 Å². The Morgan fingerprint density at radius 2 is 1.67 bits per heavy atom. The first-order valence-electron chi connectivity index (χ1n) is 6.50. The summed E-state index contributed by atoms with van der Waals surface area (Å²) in [4.78, 5) is 11.9. The summed E-state index contributed by atoms with van der Waals surface area (Å²) < 4.78 is 0.